The molecular weight excluding hydrogens is 180 g/mol. The summed E-state index contributed by atoms with van der Waals surface area (Å²) < 4.78 is 23.7. The summed E-state index contributed by atoms with van der Waals surface area (Å²) in [6, 6.07) is 0. The van der Waals surface area contributed by atoms with Crippen LogP contribution in [0.4, 0.5) is 8.78 Å². The predicted molar refractivity (Wildman–Crippen MR) is 44.9 cm³/mol. The summed E-state index contributed by atoms with van der Waals surface area (Å²) in [6.45, 7) is 2.75. The van der Waals surface area contributed by atoms with Crippen LogP contribution in [0, 0.1) is 5.41 Å². The molecule has 0 spiro atoms. The second-order valence-corrected chi connectivity index (χ2v) is 3.78. The molecule has 0 radical (unpaired) electrons. The van der Waals surface area contributed by atoms with Crippen LogP contribution in [-0.2, 0) is 4.79 Å². The summed E-state index contributed by atoms with van der Waals surface area (Å²) >= 11 is 0. The molecule has 0 atom stereocenters. The molecule has 0 aliphatic carbocycles. The maximum Gasteiger partial charge on any atom is 0.310 e. The number of hydrogen-bond donors (Lipinski definition) is 1. The lowest BCUT2D eigenvalue weighted by atomic mass is 9.93. The molecule has 1 N–H and O–H groups in total. The van der Waals surface area contributed by atoms with E-state index >= 15 is 0 Å². The van der Waals surface area contributed by atoms with Crippen molar-refractivity contribution in [1.82, 2.24) is 4.90 Å². The average molecular weight is 195 g/mol. The van der Waals surface area contributed by atoms with Crippen molar-refractivity contribution in [2.45, 2.75) is 20.3 Å². The molecule has 0 amide bonds. The third-order valence-electron chi connectivity index (χ3n) is 1.69. The molecule has 0 aromatic carbocycles. The molecule has 0 saturated heterocycles. The zero-order valence-electron chi connectivity index (χ0n) is 8.05. The van der Waals surface area contributed by atoms with E-state index in [9.17, 15) is 13.6 Å². The van der Waals surface area contributed by atoms with Crippen molar-refractivity contribution >= 4 is 5.97 Å². The zero-order chi connectivity index (χ0) is 10.6. The summed E-state index contributed by atoms with van der Waals surface area (Å²) in [5.74, 6) is -0.978. The fourth-order valence-electron chi connectivity index (χ4n) is 1.04. The predicted octanol–water partition coefficient (Wildman–Crippen LogP) is 1.29. The number of aliphatic carboxylic acids is 1. The van der Waals surface area contributed by atoms with Gasteiger partial charge in [-0.2, -0.15) is 0 Å². The number of carboxylic acid groups (broad SMARTS) is 1. The SMILES string of the molecule is CN(CC(F)F)CC(C)(C)C(=O)O. The molecule has 0 aromatic rings. The van der Waals surface area contributed by atoms with E-state index in [0.29, 0.717) is 0 Å². The number of rotatable bonds is 5. The van der Waals surface area contributed by atoms with E-state index in [2.05, 4.69) is 0 Å². The van der Waals surface area contributed by atoms with Crippen LogP contribution in [0.2, 0.25) is 0 Å². The van der Waals surface area contributed by atoms with Crippen LogP contribution >= 0.6 is 0 Å². The van der Waals surface area contributed by atoms with Crippen molar-refractivity contribution in [2.75, 3.05) is 20.1 Å². The van der Waals surface area contributed by atoms with Gasteiger partial charge in [0.05, 0.1) is 12.0 Å². The van der Waals surface area contributed by atoms with Gasteiger partial charge in [-0.1, -0.05) is 0 Å². The molecular formula is C8H15F2NO2. The Morgan fingerprint density at radius 1 is 1.54 bits per heavy atom. The highest BCUT2D eigenvalue weighted by Crippen LogP contribution is 2.16. The first-order valence-corrected chi connectivity index (χ1v) is 3.96. The van der Waals surface area contributed by atoms with Gasteiger partial charge in [0.1, 0.15) is 0 Å². The Morgan fingerprint density at radius 3 is 2.31 bits per heavy atom. The van der Waals surface area contributed by atoms with E-state index < -0.39 is 24.4 Å². The van der Waals surface area contributed by atoms with E-state index in [4.69, 9.17) is 5.11 Å². The fourth-order valence-corrected chi connectivity index (χ4v) is 1.04. The van der Waals surface area contributed by atoms with Gasteiger partial charge in [-0.3, -0.25) is 9.69 Å². The Hall–Kier alpha value is -0.710. The van der Waals surface area contributed by atoms with Crippen LogP contribution in [0.25, 0.3) is 0 Å². The van der Waals surface area contributed by atoms with Crippen molar-refractivity contribution in [2.24, 2.45) is 5.41 Å². The van der Waals surface area contributed by atoms with E-state index in [1.54, 1.807) is 0 Å². The smallest absolute Gasteiger partial charge is 0.310 e. The molecule has 3 nitrogen and oxygen atoms in total. The number of alkyl halides is 2. The number of halogens is 2. The summed E-state index contributed by atoms with van der Waals surface area (Å²) in [7, 11) is 1.48. The van der Waals surface area contributed by atoms with Crippen LogP contribution in [0.3, 0.4) is 0 Å². The molecule has 0 bridgehead atoms. The van der Waals surface area contributed by atoms with E-state index in [1.807, 2.05) is 0 Å². The minimum Gasteiger partial charge on any atom is -0.481 e. The lowest BCUT2D eigenvalue weighted by molar-refractivity contribution is -0.148. The topological polar surface area (TPSA) is 40.5 Å². The third-order valence-corrected chi connectivity index (χ3v) is 1.69. The molecule has 0 saturated carbocycles. The Labute approximate surface area is 76.3 Å². The summed E-state index contributed by atoms with van der Waals surface area (Å²) in [4.78, 5) is 11.9. The molecule has 0 aromatic heterocycles. The van der Waals surface area contributed by atoms with Gasteiger partial charge in [0, 0.05) is 6.54 Å². The molecule has 0 fully saturated rings. The van der Waals surface area contributed by atoms with Crippen LogP contribution in [0.5, 0.6) is 0 Å². The lowest BCUT2D eigenvalue weighted by Crippen LogP contribution is -2.39. The van der Waals surface area contributed by atoms with Gasteiger partial charge in [-0.25, -0.2) is 8.78 Å². The van der Waals surface area contributed by atoms with E-state index in [0.717, 1.165) is 0 Å². The highest BCUT2D eigenvalue weighted by Gasteiger charge is 2.29. The van der Waals surface area contributed by atoms with E-state index in [-0.39, 0.29) is 6.54 Å². The van der Waals surface area contributed by atoms with Crippen LogP contribution < -0.4 is 0 Å². The minimum absolute atomic E-state index is 0.118. The fraction of sp³-hybridized carbons (Fsp3) is 0.875. The molecule has 13 heavy (non-hydrogen) atoms. The zero-order valence-corrected chi connectivity index (χ0v) is 8.05. The standard InChI is InChI=1S/C8H15F2NO2/c1-8(2,7(12)13)5-11(3)4-6(9)10/h6H,4-5H2,1-3H3,(H,12,13). The highest BCUT2D eigenvalue weighted by atomic mass is 19.3. The molecule has 0 unspecified atom stereocenters. The normalized spacial score (nSPS) is 12.5. The minimum atomic E-state index is -2.42. The molecule has 0 aliphatic rings. The largest absolute Gasteiger partial charge is 0.481 e. The lowest BCUT2D eigenvalue weighted by Gasteiger charge is -2.25. The first-order chi connectivity index (χ1) is 5.75. The van der Waals surface area contributed by atoms with Gasteiger partial charge in [0.2, 0.25) is 0 Å². The van der Waals surface area contributed by atoms with E-state index in [1.165, 1.54) is 25.8 Å². The molecule has 0 rings (SSSR count). The van der Waals surface area contributed by atoms with Crippen molar-refractivity contribution in [1.29, 1.82) is 0 Å². The Kier molecular flexibility index (Phi) is 4.26. The number of carboxylic acids is 1. The van der Waals surface area contributed by atoms with Gasteiger partial charge in [0.25, 0.3) is 6.43 Å². The van der Waals surface area contributed by atoms with Crippen LogP contribution in [0.1, 0.15) is 13.8 Å². The van der Waals surface area contributed by atoms with Crippen LogP contribution in [-0.4, -0.2) is 42.5 Å². The second kappa shape index (κ2) is 4.50. The maximum atomic E-state index is 11.9. The maximum absolute atomic E-state index is 11.9. The van der Waals surface area contributed by atoms with Crippen molar-refractivity contribution in [3.8, 4) is 0 Å². The average Bonchev–Trinajstić information content (AvgIpc) is 1.82. The van der Waals surface area contributed by atoms with Gasteiger partial charge >= 0.3 is 5.97 Å². The molecule has 5 heteroatoms. The number of carbonyl (C=O) groups is 1. The molecule has 0 heterocycles. The monoisotopic (exact) mass is 195 g/mol. The third kappa shape index (κ3) is 4.77. The van der Waals surface area contributed by atoms with Gasteiger partial charge in [-0.05, 0) is 20.9 Å². The quantitative estimate of drug-likeness (QED) is 0.718. The first-order valence-electron chi connectivity index (χ1n) is 3.96. The highest BCUT2D eigenvalue weighted by molar-refractivity contribution is 5.73. The summed E-state index contributed by atoms with van der Waals surface area (Å²) in [6.07, 6.45) is -2.42. The first kappa shape index (κ1) is 12.3. The molecule has 78 valence electrons. The van der Waals surface area contributed by atoms with Gasteiger partial charge in [-0.15, -0.1) is 0 Å². The molecule has 0 aliphatic heterocycles. The van der Waals surface area contributed by atoms with Gasteiger partial charge < -0.3 is 5.11 Å². The Balaban J connectivity index is 4.04. The van der Waals surface area contributed by atoms with Crippen molar-refractivity contribution in [3.05, 3.63) is 0 Å². The second-order valence-electron chi connectivity index (χ2n) is 3.78. The van der Waals surface area contributed by atoms with Crippen LogP contribution in [0.15, 0.2) is 0 Å². The van der Waals surface area contributed by atoms with Crippen molar-refractivity contribution < 1.29 is 18.7 Å². The van der Waals surface area contributed by atoms with Crippen molar-refractivity contribution in [3.63, 3.8) is 0 Å². The number of hydrogen-bond acceptors (Lipinski definition) is 2. The Bertz CT molecular complexity index is 183. The summed E-state index contributed by atoms with van der Waals surface area (Å²) in [5, 5.41) is 8.71. The summed E-state index contributed by atoms with van der Waals surface area (Å²) in [5.41, 5.74) is -0.982. The Morgan fingerprint density at radius 2 is 2.00 bits per heavy atom. The number of nitrogens with zero attached hydrogens (tertiary/aromatic N) is 1. The van der Waals surface area contributed by atoms with Gasteiger partial charge in [0.15, 0.2) is 0 Å².